The number of H-pyrrole nitrogens is 1. The summed E-state index contributed by atoms with van der Waals surface area (Å²) in [6.45, 7) is 2.11. The summed E-state index contributed by atoms with van der Waals surface area (Å²) in [5.74, 6) is 0.672. The Hall–Kier alpha value is -2.16. The Kier molecular flexibility index (Phi) is 3.03. The Bertz CT molecular complexity index is 716. The lowest BCUT2D eigenvalue weighted by atomic mass is 10.0. The van der Waals surface area contributed by atoms with Crippen LogP contribution in [0.1, 0.15) is 17.0 Å². The predicted molar refractivity (Wildman–Crippen MR) is 74.6 cm³/mol. The first-order chi connectivity index (χ1) is 9.22. The van der Waals surface area contributed by atoms with E-state index in [-0.39, 0.29) is 5.82 Å². The van der Waals surface area contributed by atoms with Crippen molar-refractivity contribution in [1.29, 1.82) is 0 Å². The van der Waals surface area contributed by atoms with Gasteiger partial charge in [-0.25, -0.2) is 9.37 Å². The van der Waals surface area contributed by atoms with Crippen molar-refractivity contribution in [3.05, 3.63) is 65.2 Å². The molecule has 0 aliphatic heterocycles. The Morgan fingerprint density at radius 1 is 1.11 bits per heavy atom. The molecule has 96 valence electrons. The molecule has 19 heavy (non-hydrogen) atoms. The molecule has 0 radical (unpaired) electrons. The smallest absolute Gasteiger partial charge is 0.125 e. The first-order valence-electron chi connectivity index (χ1n) is 6.41. The minimum Gasteiger partial charge on any atom is -0.342 e. The van der Waals surface area contributed by atoms with Crippen LogP contribution in [-0.2, 0) is 12.8 Å². The van der Waals surface area contributed by atoms with E-state index in [1.807, 2.05) is 6.07 Å². The van der Waals surface area contributed by atoms with Crippen molar-refractivity contribution in [2.45, 2.75) is 19.8 Å². The Morgan fingerprint density at radius 3 is 2.79 bits per heavy atom. The van der Waals surface area contributed by atoms with E-state index in [0.717, 1.165) is 29.7 Å². The van der Waals surface area contributed by atoms with E-state index in [4.69, 9.17) is 0 Å². The van der Waals surface area contributed by atoms with Gasteiger partial charge in [0.25, 0.3) is 0 Å². The normalized spacial score (nSPS) is 11.1. The van der Waals surface area contributed by atoms with Gasteiger partial charge in [0.15, 0.2) is 0 Å². The highest BCUT2D eigenvalue weighted by Gasteiger charge is 2.05. The maximum atomic E-state index is 13.1. The van der Waals surface area contributed by atoms with Gasteiger partial charge in [0, 0.05) is 6.42 Å². The zero-order valence-corrected chi connectivity index (χ0v) is 10.8. The fourth-order valence-electron chi connectivity index (χ4n) is 2.30. The number of nitrogens with zero attached hydrogens (tertiary/aromatic N) is 1. The molecule has 1 N–H and O–H groups in total. The molecular formula is C16H15FN2. The highest BCUT2D eigenvalue weighted by atomic mass is 19.1. The topological polar surface area (TPSA) is 28.7 Å². The van der Waals surface area contributed by atoms with Gasteiger partial charge in [-0.05, 0) is 42.7 Å². The highest BCUT2D eigenvalue weighted by molar-refractivity contribution is 5.74. The first kappa shape index (κ1) is 11.9. The number of aromatic nitrogens is 2. The van der Waals surface area contributed by atoms with E-state index in [0.29, 0.717) is 0 Å². The fraction of sp³-hybridized carbons (Fsp3) is 0.188. The monoisotopic (exact) mass is 254 g/mol. The van der Waals surface area contributed by atoms with Gasteiger partial charge in [-0.1, -0.05) is 24.3 Å². The number of imidazole rings is 1. The number of benzene rings is 2. The molecule has 3 aromatic rings. The second-order valence-electron chi connectivity index (χ2n) is 4.77. The van der Waals surface area contributed by atoms with Crippen LogP contribution in [0.5, 0.6) is 0 Å². The molecule has 0 amide bonds. The number of aryl methyl sites for hydroxylation is 3. The lowest BCUT2D eigenvalue weighted by Gasteiger charge is -2.03. The number of aromatic amines is 1. The van der Waals surface area contributed by atoms with Crippen LogP contribution in [0.25, 0.3) is 11.0 Å². The minimum absolute atomic E-state index is 0.235. The number of halogens is 1. The van der Waals surface area contributed by atoms with E-state index in [9.17, 15) is 4.39 Å². The van der Waals surface area contributed by atoms with Crippen LogP contribution >= 0.6 is 0 Å². The summed E-state index contributed by atoms with van der Waals surface area (Å²) in [7, 11) is 0. The number of rotatable bonds is 3. The number of hydrogen-bond acceptors (Lipinski definition) is 1. The number of nitrogens with one attached hydrogen (secondary N) is 1. The summed E-state index contributed by atoms with van der Waals surface area (Å²) in [6, 6.07) is 13.0. The predicted octanol–water partition coefficient (Wildman–Crippen LogP) is 3.80. The second kappa shape index (κ2) is 4.84. The van der Waals surface area contributed by atoms with E-state index >= 15 is 0 Å². The molecule has 3 heteroatoms. The summed E-state index contributed by atoms with van der Waals surface area (Å²) >= 11 is 0. The summed E-state index contributed by atoms with van der Waals surface area (Å²) in [5.41, 5.74) is 4.21. The van der Waals surface area contributed by atoms with Crippen molar-refractivity contribution in [3.63, 3.8) is 0 Å². The van der Waals surface area contributed by atoms with Gasteiger partial charge in [0.2, 0.25) is 0 Å². The highest BCUT2D eigenvalue weighted by Crippen LogP contribution is 2.15. The van der Waals surface area contributed by atoms with Crippen molar-refractivity contribution < 1.29 is 4.39 Å². The fourth-order valence-corrected chi connectivity index (χ4v) is 2.30. The quantitative estimate of drug-likeness (QED) is 0.756. The van der Waals surface area contributed by atoms with Crippen molar-refractivity contribution in [2.24, 2.45) is 0 Å². The summed E-state index contributed by atoms with van der Waals surface area (Å²) in [4.78, 5) is 7.65. The minimum atomic E-state index is -0.235. The molecule has 1 aromatic heterocycles. The van der Waals surface area contributed by atoms with Crippen LogP contribution in [0, 0.1) is 12.7 Å². The Labute approximate surface area is 111 Å². The first-order valence-corrected chi connectivity index (χ1v) is 6.41. The van der Waals surface area contributed by atoms with E-state index in [1.165, 1.54) is 23.3 Å². The van der Waals surface area contributed by atoms with Crippen LogP contribution in [0.15, 0.2) is 42.5 Å². The number of hydrogen-bond donors (Lipinski definition) is 1. The average molecular weight is 254 g/mol. The van der Waals surface area contributed by atoms with Crippen molar-refractivity contribution in [3.8, 4) is 0 Å². The zero-order valence-electron chi connectivity index (χ0n) is 10.8. The molecule has 0 aliphatic carbocycles. The van der Waals surface area contributed by atoms with Crippen molar-refractivity contribution >= 4 is 11.0 Å². The lowest BCUT2D eigenvalue weighted by Crippen LogP contribution is -1.95. The molecule has 2 aromatic carbocycles. The molecule has 0 atom stereocenters. The van der Waals surface area contributed by atoms with Gasteiger partial charge in [0.1, 0.15) is 11.6 Å². The molecule has 3 rings (SSSR count). The molecule has 0 unspecified atom stereocenters. The van der Waals surface area contributed by atoms with Crippen LogP contribution in [0.4, 0.5) is 4.39 Å². The molecule has 0 spiro atoms. The lowest BCUT2D eigenvalue weighted by molar-refractivity contribution is 0.629. The molecule has 0 bridgehead atoms. The third-order valence-electron chi connectivity index (χ3n) is 3.39. The average Bonchev–Trinajstić information content (AvgIpc) is 2.79. The third-order valence-corrected chi connectivity index (χ3v) is 3.39. The maximum Gasteiger partial charge on any atom is 0.125 e. The van der Waals surface area contributed by atoms with E-state index < -0.39 is 0 Å². The molecule has 0 fully saturated rings. The summed E-state index contributed by atoms with van der Waals surface area (Å²) < 4.78 is 13.1. The van der Waals surface area contributed by atoms with Crippen LogP contribution < -0.4 is 0 Å². The molecule has 0 aliphatic rings. The van der Waals surface area contributed by atoms with Crippen molar-refractivity contribution in [1.82, 2.24) is 9.97 Å². The van der Waals surface area contributed by atoms with Gasteiger partial charge < -0.3 is 4.98 Å². The van der Waals surface area contributed by atoms with Gasteiger partial charge in [-0.15, -0.1) is 0 Å². The van der Waals surface area contributed by atoms with E-state index in [1.54, 1.807) is 6.07 Å². The molecule has 1 heterocycles. The Balaban J connectivity index is 1.80. The van der Waals surface area contributed by atoms with Gasteiger partial charge in [-0.3, -0.25) is 0 Å². The molecule has 0 saturated carbocycles. The SMILES string of the molecule is Cc1ccccc1CCc1nc2ccc(F)cc2[nH]1. The third kappa shape index (κ3) is 2.50. The molecular weight excluding hydrogens is 239 g/mol. The summed E-state index contributed by atoms with van der Waals surface area (Å²) in [5, 5.41) is 0. The Morgan fingerprint density at radius 2 is 1.95 bits per heavy atom. The van der Waals surface area contributed by atoms with Crippen LogP contribution in [0.2, 0.25) is 0 Å². The standard InChI is InChI=1S/C16H15FN2/c1-11-4-2-3-5-12(11)6-9-16-18-14-8-7-13(17)10-15(14)19-16/h2-5,7-8,10H,6,9H2,1H3,(H,18,19). The van der Waals surface area contributed by atoms with Crippen molar-refractivity contribution in [2.75, 3.05) is 0 Å². The van der Waals surface area contributed by atoms with Gasteiger partial charge in [0.05, 0.1) is 11.0 Å². The largest absolute Gasteiger partial charge is 0.342 e. The van der Waals surface area contributed by atoms with Crippen LogP contribution in [0.3, 0.4) is 0 Å². The van der Waals surface area contributed by atoms with Gasteiger partial charge >= 0.3 is 0 Å². The maximum absolute atomic E-state index is 13.1. The van der Waals surface area contributed by atoms with Gasteiger partial charge in [-0.2, -0.15) is 0 Å². The molecule has 0 saturated heterocycles. The summed E-state index contributed by atoms with van der Waals surface area (Å²) in [6.07, 6.45) is 1.77. The second-order valence-corrected chi connectivity index (χ2v) is 4.77. The van der Waals surface area contributed by atoms with Crippen LogP contribution in [-0.4, -0.2) is 9.97 Å². The zero-order chi connectivity index (χ0) is 13.2. The number of fused-ring (bicyclic) bond motifs is 1. The van der Waals surface area contributed by atoms with E-state index in [2.05, 4.69) is 35.1 Å². The molecule has 2 nitrogen and oxygen atoms in total.